The number of carbonyl (C=O) groups is 4. The number of halogens is 2. The number of hydrogen-bond donors (Lipinski definition) is 4. The minimum absolute atomic E-state index is 0.0645. The topological polar surface area (TPSA) is 125 Å². The Morgan fingerprint density at radius 2 is 1.31 bits per heavy atom. The molecular formula is C31H23Cl2N3O5S. The smallest absolute Gasteiger partial charge is 0.335 e. The molecule has 0 atom stereocenters. The van der Waals surface area contributed by atoms with Crippen LogP contribution in [0.5, 0.6) is 0 Å². The van der Waals surface area contributed by atoms with Crippen molar-refractivity contribution < 1.29 is 24.3 Å². The molecule has 4 aromatic rings. The fourth-order valence-electron chi connectivity index (χ4n) is 3.61. The fraction of sp³-hybridized carbons (Fsp3) is 0.0323. The summed E-state index contributed by atoms with van der Waals surface area (Å²) in [4.78, 5) is 50.2. The second-order valence-electron chi connectivity index (χ2n) is 8.71. The number of anilines is 2. The first-order valence-electron chi connectivity index (χ1n) is 12.4. The molecule has 0 saturated heterocycles. The van der Waals surface area contributed by atoms with Gasteiger partial charge in [0.2, 0.25) is 5.91 Å². The largest absolute Gasteiger partial charge is 0.478 e. The van der Waals surface area contributed by atoms with Crippen LogP contribution in [0.4, 0.5) is 11.4 Å². The Bertz CT molecular complexity index is 1620. The second kappa shape index (κ2) is 14.4. The maximum atomic E-state index is 13.3. The van der Waals surface area contributed by atoms with Gasteiger partial charge in [0.1, 0.15) is 5.70 Å². The van der Waals surface area contributed by atoms with Crippen LogP contribution in [0.25, 0.3) is 6.08 Å². The number of carboxylic acid groups (broad SMARTS) is 1. The van der Waals surface area contributed by atoms with E-state index >= 15 is 0 Å². The quantitative estimate of drug-likeness (QED) is 0.114. The molecule has 11 heteroatoms. The van der Waals surface area contributed by atoms with Crippen LogP contribution in [0.1, 0.15) is 26.3 Å². The molecule has 0 aliphatic rings. The maximum Gasteiger partial charge on any atom is 0.335 e. The van der Waals surface area contributed by atoms with Gasteiger partial charge in [0.05, 0.1) is 11.3 Å². The molecule has 4 rings (SSSR count). The van der Waals surface area contributed by atoms with Gasteiger partial charge in [-0.2, -0.15) is 0 Å². The standard InChI is InChI=1S/C31H23Cl2N3O5S/c32-25-7-4-8-26(33)24(25)17-27(36-29(38)19-5-2-1-3-6-19)30(39)35-22-13-15-23(16-14-22)42-18-28(37)34-21-11-9-20(10-12-21)31(40)41/h1-17H,18H2,(H,34,37)(H,35,39)(H,36,38)(H,40,41)/b27-17-. The van der Waals surface area contributed by atoms with E-state index in [0.717, 1.165) is 4.90 Å². The van der Waals surface area contributed by atoms with Crippen LogP contribution in [0.15, 0.2) is 108 Å². The first-order valence-corrected chi connectivity index (χ1v) is 14.1. The van der Waals surface area contributed by atoms with Crippen LogP contribution < -0.4 is 16.0 Å². The van der Waals surface area contributed by atoms with Crippen molar-refractivity contribution in [3.8, 4) is 0 Å². The molecule has 0 saturated carbocycles. The summed E-state index contributed by atoms with van der Waals surface area (Å²) in [5, 5.41) is 17.7. The Balaban J connectivity index is 1.41. The Labute approximate surface area is 255 Å². The number of benzene rings is 4. The number of thioether (sulfide) groups is 1. The summed E-state index contributed by atoms with van der Waals surface area (Å²) in [6.07, 6.45) is 1.42. The third kappa shape index (κ3) is 8.47. The van der Waals surface area contributed by atoms with Crippen LogP contribution in [0.3, 0.4) is 0 Å². The molecular weight excluding hydrogens is 597 g/mol. The predicted molar refractivity (Wildman–Crippen MR) is 166 cm³/mol. The number of hydrogen-bond acceptors (Lipinski definition) is 5. The van der Waals surface area contributed by atoms with Crippen molar-refractivity contribution in [3.05, 3.63) is 129 Å². The van der Waals surface area contributed by atoms with Crippen LogP contribution in [0.2, 0.25) is 10.0 Å². The predicted octanol–water partition coefficient (Wildman–Crippen LogP) is 6.83. The average Bonchev–Trinajstić information content (AvgIpc) is 2.98. The molecule has 0 spiro atoms. The summed E-state index contributed by atoms with van der Waals surface area (Å²) in [5.74, 6) is -2.27. The van der Waals surface area contributed by atoms with Gasteiger partial charge >= 0.3 is 5.97 Å². The molecule has 0 unspecified atom stereocenters. The summed E-state index contributed by atoms with van der Waals surface area (Å²) in [6.45, 7) is 0. The van der Waals surface area contributed by atoms with Gasteiger partial charge < -0.3 is 21.1 Å². The summed E-state index contributed by atoms with van der Waals surface area (Å²) in [5.41, 5.74) is 1.75. The normalized spacial score (nSPS) is 11.0. The van der Waals surface area contributed by atoms with Gasteiger partial charge in [-0.05, 0) is 78.9 Å². The molecule has 0 heterocycles. The first-order chi connectivity index (χ1) is 20.2. The lowest BCUT2D eigenvalue weighted by Gasteiger charge is -2.13. The van der Waals surface area contributed by atoms with E-state index in [1.807, 2.05) is 0 Å². The van der Waals surface area contributed by atoms with Crippen LogP contribution in [0, 0.1) is 0 Å². The van der Waals surface area contributed by atoms with Crippen LogP contribution >= 0.6 is 35.0 Å². The van der Waals surface area contributed by atoms with Gasteiger partial charge in [0, 0.05) is 37.4 Å². The third-order valence-electron chi connectivity index (χ3n) is 5.71. The van der Waals surface area contributed by atoms with Crippen molar-refractivity contribution in [2.45, 2.75) is 4.90 Å². The van der Waals surface area contributed by atoms with E-state index in [-0.39, 0.29) is 22.9 Å². The van der Waals surface area contributed by atoms with E-state index in [4.69, 9.17) is 28.3 Å². The van der Waals surface area contributed by atoms with Crippen molar-refractivity contribution >= 4 is 76.1 Å². The van der Waals surface area contributed by atoms with Crippen molar-refractivity contribution in [3.63, 3.8) is 0 Å². The monoisotopic (exact) mass is 619 g/mol. The molecule has 3 amide bonds. The zero-order valence-electron chi connectivity index (χ0n) is 21.8. The lowest BCUT2D eigenvalue weighted by atomic mass is 10.1. The highest BCUT2D eigenvalue weighted by atomic mass is 35.5. The van der Waals surface area contributed by atoms with Gasteiger partial charge in [0.25, 0.3) is 11.8 Å². The highest BCUT2D eigenvalue weighted by Gasteiger charge is 2.17. The van der Waals surface area contributed by atoms with Gasteiger partial charge in [-0.15, -0.1) is 11.8 Å². The summed E-state index contributed by atoms with van der Waals surface area (Å²) in [7, 11) is 0. The van der Waals surface area contributed by atoms with Gasteiger partial charge in [0.15, 0.2) is 0 Å². The first kappa shape index (κ1) is 30.4. The zero-order chi connectivity index (χ0) is 30.1. The third-order valence-corrected chi connectivity index (χ3v) is 7.39. The number of amides is 3. The van der Waals surface area contributed by atoms with Crippen molar-refractivity contribution in [1.82, 2.24) is 5.32 Å². The minimum Gasteiger partial charge on any atom is -0.478 e. The lowest BCUT2D eigenvalue weighted by Crippen LogP contribution is -2.30. The van der Waals surface area contributed by atoms with Crippen LogP contribution in [-0.4, -0.2) is 34.6 Å². The Kier molecular flexibility index (Phi) is 10.4. The minimum atomic E-state index is -1.04. The molecule has 0 fully saturated rings. The molecule has 0 bridgehead atoms. The highest BCUT2D eigenvalue weighted by Crippen LogP contribution is 2.27. The van der Waals surface area contributed by atoms with E-state index < -0.39 is 17.8 Å². The molecule has 42 heavy (non-hydrogen) atoms. The van der Waals surface area contributed by atoms with Crippen molar-refractivity contribution in [2.75, 3.05) is 16.4 Å². The number of rotatable bonds is 10. The molecule has 4 N–H and O–H groups in total. The molecule has 4 aromatic carbocycles. The highest BCUT2D eigenvalue weighted by molar-refractivity contribution is 8.00. The molecule has 0 radical (unpaired) electrons. The van der Waals surface area contributed by atoms with E-state index in [9.17, 15) is 19.2 Å². The second-order valence-corrected chi connectivity index (χ2v) is 10.6. The molecule has 212 valence electrons. The Morgan fingerprint density at radius 3 is 1.93 bits per heavy atom. The van der Waals surface area contributed by atoms with E-state index in [2.05, 4.69) is 16.0 Å². The Morgan fingerprint density at radius 1 is 0.714 bits per heavy atom. The zero-order valence-corrected chi connectivity index (χ0v) is 24.1. The number of carbonyl (C=O) groups excluding carboxylic acids is 3. The summed E-state index contributed by atoms with van der Waals surface area (Å²) in [6, 6.07) is 26.1. The van der Waals surface area contributed by atoms with Crippen molar-refractivity contribution in [2.24, 2.45) is 0 Å². The lowest BCUT2D eigenvalue weighted by molar-refractivity contribution is -0.114. The summed E-state index contributed by atoms with van der Waals surface area (Å²) >= 11 is 13.9. The number of aromatic carboxylic acids is 1. The van der Waals surface area contributed by atoms with Crippen LogP contribution in [-0.2, 0) is 9.59 Å². The summed E-state index contributed by atoms with van der Waals surface area (Å²) < 4.78 is 0. The fourth-order valence-corrected chi connectivity index (χ4v) is 4.82. The van der Waals surface area contributed by atoms with Gasteiger partial charge in [-0.1, -0.05) is 47.5 Å². The number of carboxylic acids is 1. The molecule has 0 aromatic heterocycles. The molecule has 0 aliphatic heterocycles. The molecule has 8 nitrogen and oxygen atoms in total. The average molecular weight is 621 g/mol. The molecule has 0 aliphatic carbocycles. The SMILES string of the molecule is O=C(CSc1ccc(NC(=O)/C(=C/c2c(Cl)cccc2Cl)NC(=O)c2ccccc2)cc1)Nc1ccc(C(=O)O)cc1. The van der Waals surface area contributed by atoms with E-state index in [1.54, 1.807) is 72.8 Å². The van der Waals surface area contributed by atoms with Gasteiger partial charge in [-0.3, -0.25) is 14.4 Å². The van der Waals surface area contributed by atoms with E-state index in [1.165, 1.54) is 42.1 Å². The Hall–Kier alpha value is -4.57. The van der Waals surface area contributed by atoms with Gasteiger partial charge in [-0.25, -0.2) is 4.79 Å². The van der Waals surface area contributed by atoms with E-state index in [0.29, 0.717) is 32.5 Å². The van der Waals surface area contributed by atoms with Crippen molar-refractivity contribution in [1.29, 1.82) is 0 Å². The number of nitrogens with one attached hydrogen (secondary N) is 3. The maximum absolute atomic E-state index is 13.3.